The van der Waals surface area contributed by atoms with Crippen molar-refractivity contribution >= 4 is 5.97 Å². The molecule has 0 bridgehead atoms. The van der Waals surface area contributed by atoms with Crippen LogP contribution in [0.2, 0.25) is 0 Å². The molecule has 5 heteroatoms. The Labute approximate surface area is 215 Å². The molecule has 0 saturated carbocycles. The summed E-state index contributed by atoms with van der Waals surface area (Å²) in [6.45, 7) is 4.39. The summed E-state index contributed by atoms with van der Waals surface area (Å²) in [7, 11) is 0. The van der Waals surface area contributed by atoms with Crippen molar-refractivity contribution in [1.82, 2.24) is 9.97 Å². The van der Waals surface area contributed by atoms with Gasteiger partial charge in [0.05, 0.1) is 18.0 Å². The molecule has 0 spiro atoms. The third-order valence-electron chi connectivity index (χ3n) is 6.46. The fraction of sp³-hybridized carbons (Fsp3) is 0.452. The molecular formula is C31H39FN2O2. The average Bonchev–Trinajstić information content (AvgIpc) is 2.90. The summed E-state index contributed by atoms with van der Waals surface area (Å²) in [6, 6.07) is 12.8. The molecule has 3 aromatic rings. The van der Waals surface area contributed by atoms with Gasteiger partial charge in [-0.15, -0.1) is 0 Å². The summed E-state index contributed by atoms with van der Waals surface area (Å²) < 4.78 is 19.8. The van der Waals surface area contributed by atoms with Crippen LogP contribution in [-0.2, 0) is 12.8 Å². The molecular weight excluding hydrogens is 451 g/mol. The van der Waals surface area contributed by atoms with E-state index >= 15 is 0 Å². The van der Waals surface area contributed by atoms with E-state index in [0.29, 0.717) is 17.8 Å². The topological polar surface area (TPSA) is 52.1 Å². The number of hydrogen-bond donors (Lipinski definition) is 0. The Balaban J connectivity index is 1.50. The SMILES string of the molecule is CCCCCCCCc1ccc(-c2ncc(OC(=O)c3ccc(CCCCCC)c(F)c3)cn2)cc1. The molecule has 192 valence electrons. The Morgan fingerprint density at radius 3 is 2.06 bits per heavy atom. The van der Waals surface area contributed by atoms with Crippen LogP contribution in [0.15, 0.2) is 54.9 Å². The van der Waals surface area contributed by atoms with Crippen molar-refractivity contribution < 1.29 is 13.9 Å². The molecule has 0 saturated heterocycles. The highest BCUT2D eigenvalue weighted by Gasteiger charge is 2.13. The molecule has 0 radical (unpaired) electrons. The van der Waals surface area contributed by atoms with Crippen LogP contribution in [0.25, 0.3) is 11.4 Å². The van der Waals surface area contributed by atoms with E-state index in [1.165, 1.54) is 62.5 Å². The average molecular weight is 491 g/mol. The smallest absolute Gasteiger partial charge is 0.343 e. The number of rotatable bonds is 15. The maximum Gasteiger partial charge on any atom is 0.343 e. The molecule has 3 rings (SSSR count). The zero-order valence-corrected chi connectivity index (χ0v) is 21.8. The van der Waals surface area contributed by atoms with Crippen molar-refractivity contribution in [2.45, 2.75) is 90.9 Å². The molecule has 0 aliphatic rings. The number of aromatic nitrogens is 2. The third kappa shape index (κ3) is 8.85. The molecule has 1 aromatic heterocycles. The van der Waals surface area contributed by atoms with Gasteiger partial charge in [-0.2, -0.15) is 0 Å². The molecule has 0 unspecified atom stereocenters. The van der Waals surface area contributed by atoms with E-state index in [9.17, 15) is 9.18 Å². The van der Waals surface area contributed by atoms with Crippen molar-refractivity contribution in [1.29, 1.82) is 0 Å². The Hall–Kier alpha value is -3.08. The number of benzene rings is 2. The van der Waals surface area contributed by atoms with Crippen LogP contribution in [-0.4, -0.2) is 15.9 Å². The molecule has 1 heterocycles. The highest BCUT2D eigenvalue weighted by atomic mass is 19.1. The summed E-state index contributed by atoms with van der Waals surface area (Å²) in [6.07, 6.45) is 16.8. The molecule has 0 aliphatic carbocycles. The van der Waals surface area contributed by atoms with Gasteiger partial charge in [0.25, 0.3) is 0 Å². The van der Waals surface area contributed by atoms with Gasteiger partial charge in [0.1, 0.15) is 5.82 Å². The fourth-order valence-corrected chi connectivity index (χ4v) is 4.23. The van der Waals surface area contributed by atoms with Crippen molar-refractivity contribution in [3.8, 4) is 17.1 Å². The lowest BCUT2D eigenvalue weighted by Crippen LogP contribution is -2.10. The predicted octanol–water partition coefficient (Wildman–Crippen LogP) is 8.53. The monoisotopic (exact) mass is 490 g/mol. The summed E-state index contributed by atoms with van der Waals surface area (Å²) in [5, 5.41) is 0. The van der Waals surface area contributed by atoms with E-state index in [1.54, 1.807) is 12.1 Å². The van der Waals surface area contributed by atoms with Crippen LogP contribution in [0.4, 0.5) is 4.39 Å². The number of nitrogens with zero attached hydrogens (tertiary/aromatic N) is 2. The first-order chi connectivity index (χ1) is 17.6. The number of unbranched alkanes of at least 4 members (excludes halogenated alkanes) is 8. The zero-order chi connectivity index (χ0) is 25.6. The zero-order valence-electron chi connectivity index (χ0n) is 21.8. The number of hydrogen-bond acceptors (Lipinski definition) is 4. The van der Waals surface area contributed by atoms with Crippen molar-refractivity contribution in [2.24, 2.45) is 0 Å². The lowest BCUT2D eigenvalue weighted by Gasteiger charge is -2.08. The van der Waals surface area contributed by atoms with Gasteiger partial charge in [-0.3, -0.25) is 0 Å². The van der Waals surface area contributed by atoms with E-state index in [2.05, 4.69) is 35.9 Å². The Bertz CT molecular complexity index is 1060. The third-order valence-corrected chi connectivity index (χ3v) is 6.46. The van der Waals surface area contributed by atoms with Crippen LogP contribution in [0.5, 0.6) is 5.75 Å². The van der Waals surface area contributed by atoms with Crippen molar-refractivity contribution in [3.63, 3.8) is 0 Å². The largest absolute Gasteiger partial charge is 0.420 e. The second kappa shape index (κ2) is 15.1. The summed E-state index contributed by atoms with van der Waals surface area (Å²) >= 11 is 0. The van der Waals surface area contributed by atoms with Crippen molar-refractivity contribution in [2.75, 3.05) is 0 Å². The van der Waals surface area contributed by atoms with E-state index in [4.69, 9.17) is 4.74 Å². The Morgan fingerprint density at radius 1 is 0.778 bits per heavy atom. The number of carbonyl (C=O) groups excluding carboxylic acids is 1. The molecule has 0 amide bonds. The first kappa shape index (κ1) is 27.5. The molecule has 0 fully saturated rings. The lowest BCUT2D eigenvalue weighted by molar-refractivity contribution is 0.0733. The first-order valence-electron chi connectivity index (χ1n) is 13.5. The van der Waals surface area contributed by atoms with Gasteiger partial charge < -0.3 is 4.74 Å². The second-order valence-corrected chi connectivity index (χ2v) is 9.46. The highest BCUT2D eigenvalue weighted by molar-refractivity contribution is 5.91. The minimum atomic E-state index is -0.623. The van der Waals surface area contributed by atoms with E-state index < -0.39 is 5.97 Å². The van der Waals surface area contributed by atoms with Gasteiger partial charge in [0.2, 0.25) is 0 Å². The standard InChI is InChI=1S/C31H39FN2O2/c1-3-5-7-9-10-11-13-24-15-17-26(18-16-24)30-33-22-28(23-34-30)36-31(35)27-20-19-25(29(32)21-27)14-12-8-6-4-2/h15-23H,3-14H2,1-2H3. The van der Waals surface area contributed by atoms with Crippen LogP contribution >= 0.6 is 0 Å². The lowest BCUT2D eigenvalue weighted by atomic mass is 10.0. The molecule has 0 atom stereocenters. The number of carbonyl (C=O) groups is 1. The van der Waals surface area contributed by atoms with Gasteiger partial charge in [-0.05, 0) is 48.9 Å². The van der Waals surface area contributed by atoms with E-state index in [0.717, 1.165) is 37.7 Å². The minimum absolute atomic E-state index is 0.176. The van der Waals surface area contributed by atoms with Gasteiger partial charge in [-0.25, -0.2) is 19.2 Å². The van der Waals surface area contributed by atoms with E-state index in [-0.39, 0.29) is 17.1 Å². The van der Waals surface area contributed by atoms with Crippen LogP contribution in [0.1, 0.15) is 99.5 Å². The molecule has 0 aliphatic heterocycles. The maximum absolute atomic E-state index is 14.4. The molecule has 0 N–H and O–H groups in total. The van der Waals surface area contributed by atoms with Gasteiger partial charge >= 0.3 is 5.97 Å². The number of halogens is 1. The number of esters is 1. The van der Waals surface area contributed by atoms with Crippen molar-refractivity contribution in [3.05, 3.63) is 77.4 Å². The summed E-state index contributed by atoms with van der Waals surface area (Å²) in [4.78, 5) is 21.2. The van der Waals surface area contributed by atoms with Crippen LogP contribution in [0, 0.1) is 5.82 Å². The predicted molar refractivity (Wildman–Crippen MR) is 144 cm³/mol. The fourth-order valence-electron chi connectivity index (χ4n) is 4.23. The Kier molecular flexibility index (Phi) is 11.6. The van der Waals surface area contributed by atoms with Gasteiger partial charge in [-0.1, -0.05) is 95.5 Å². The minimum Gasteiger partial charge on any atom is -0.420 e. The van der Waals surface area contributed by atoms with Crippen LogP contribution in [0.3, 0.4) is 0 Å². The van der Waals surface area contributed by atoms with Gasteiger partial charge in [0, 0.05) is 5.56 Å². The number of aryl methyl sites for hydroxylation is 2. The summed E-state index contributed by atoms with van der Waals surface area (Å²) in [5.74, 6) is -0.193. The molecule has 36 heavy (non-hydrogen) atoms. The van der Waals surface area contributed by atoms with Gasteiger partial charge in [0.15, 0.2) is 11.6 Å². The molecule has 2 aromatic carbocycles. The second-order valence-electron chi connectivity index (χ2n) is 9.46. The highest BCUT2D eigenvalue weighted by Crippen LogP contribution is 2.20. The molecule has 4 nitrogen and oxygen atoms in total. The number of ether oxygens (including phenoxy) is 1. The van der Waals surface area contributed by atoms with E-state index in [1.807, 2.05) is 12.1 Å². The Morgan fingerprint density at radius 2 is 1.39 bits per heavy atom. The quantitative estimate of drug-likeness (QED) is 0.158. The summed E-state index contributed by atoms with van der Waals surface area (Å²) in [5.41, 5.74) is 3.04. The maximum atomic E-state index is 14.4. The first-order valence-corrected chi connectivity index (χ1v) is 13.5. The van der Waals surface area contributed by atoms with Crippen LogP contribution < -0.4 is 4.74 Å². The normalized spacial score (nSPS) is 11.0.